The maximum Gasteiger partial charge on any atom is 0.211 e. The van der Waals surface area contributed by atoms with E-state index in [1.165, 1.54) is 10.9 Å². The number of rotatable bonds is 1. The molecule has 0 spiro atoms. The third kappa shape index (κ3) is 2.16. The molecule has 0 aliphatic heterocycles. The Labute approximate surface area is 114 Å². The summed E-state index contributed by atoms with van der Waals surface area (Å²) >= 11 is 5.89. The fourth-order valence-electron chi connectivity index (χ4n) is 2.05. The first-order chi connectivity index (χ1) is 8.95. The predicted octanol–water partition coefficient (Wildman–Crippen LogP) is 1.82. The first-order valence-corrected chi connectivity index (χ1v) is 6.18. The van der Waals surface area contributed by atoms with E-state index in [0.29, 0.717) is 16.1 Å². The average Bonchev–Trinajstić information content (AvgIpc) is 2.74. The topological polar surface area (TPSA) is 71.2 Å². The van der Waals surface area contributed by atoms with Gasteiger partial charge in [0.05, 0.1) is 0 Å². The molecule has 6 heteroatoms. The molecule has 1 aromatic carbocycles. The molecule has 1 aliphatic rings. The monoisotopic (exact) mass is 277 g/mol. The molecule has 1 heterocycles. The largest absolute Gasteiger partial charge is 0.360 e. The minimum absolute atomic E-state index is 0.564. The zero-order valence-electron chi connectivity index (χ0n) is 10.2. The minimum atomic E-state index is -2.00. The van der Waals surface area contributed by atoms with Crippen molar-refractivity contribution in [3.63, 3.8) is 0 Å². The van der Waals surface area contributed by atoms with Gasteiger partial charge in [0, 0.05) is 5.02 Å². The Hall–Kier alpha value is -1.69. The summed E-state index contributed by atoms with van der Waals surface area (Å²) in [5.74, 6) is -2.00. The Morgan fingerprint density at radius 3 is 2.79 bits per heavy atom. The van der Waals surface area contributed by atoms with Crippen molar-refractivity contribution in [1.29, 1.82) is 0 Å². The second-order valence-electron chi connectivity index (χ2n) is 4.63. The Morgan fingerprint density at radius 1 is 1.26 bits per heavy atom. The summed E-state index contributed by atoms with van der Waals surface area (Å²) in [5, 5.41) is 29.0. The highest BCUT2D eigenvalue weighted by atomic mass is 35.5. The maximum absolute atomic E-state index is 9.98. The van der Waals surface area contributed by atoms with Gasteiger partial charge >= 0.3 is 0 Å². The van der Waals surface area contributed by atoms with Gasteiger partial charge in [0.1, 0.15) is 17.1 Å². The molecule has 2 aromatic rings. The van der Waals surface area contributed by atoms with Gasteiger partial charge < -0.3 is 10.2 Å². The van der Waals surface area contributed by atoms with Crippen LogP contribution < -0.4 is 0 Å². The molecule has 0 fully saturated rings. The smallest absolute Gasteiger partial charge is 0.211 e. The van der Waals surface area contributed by atoms with Gasteiger partial charge in [-0.2, -0.15) is 15.0 Å². The Balaban J connectivity index is 2.11. The summed E-state index contributed by atoms with van der Waals surface area (Å²) in [6.07, 6.45) is 4.69. The molecular formula is C13H12ClN3O2. The molecule has 5 nitrogen and oxygen atoms in total. The van der Waals surface area contributed by atoms with E-state index in [-0.39, 0.29) is 0 Å². The van der Waals surface area contributed by atoms with Crippen molar-refractivity contribution in [3.8, 4) is 0 Å². The van der Waals surface area contributed by atoms with Crippen molar-refractivity contribution < 1.29 is 10.2 Å². The van der Waals surface area contributed by atoms with Crippen LogP contribution in [0.2, 0.25) is 5.02 Å². The Morgan fingerprint density at radius 2 is 2.00 bits per heavy atom. The van der Waals surface area contributed by atoms with E-state index < -0.39 is 11.8 Å². The van der Waals surface area contributed by atoms with Crippen molar-refractivity contribution in [2.75, 3.05) is 0 Å². The Kier molecular flexibility index (Phi) is 2.70. The standard InChI is InChI=1S/C13H12ClN3O2/c1-8-4-5-13(18,19)12(6-8)17-15-10-3-2-9(14)7-11(10)16-17/h2-7,12,18-19H,1H3. The summed E-state index contributed by atoms with van der Waals surface area (Å²) < 4.78 is 0. The van der Waals surface area contributed by atoms with Crippen molar-refractivity contribution in [3.05, 3.63) is 47.0 Å². The van der Waals surface area contributed by atoms with Crippen LogP contribution in [-0.4, -0.2) is 31.0 Å². The second-order valence-corrected chi connectivity index (χ2v) is 5.06. The van der Waals surface area contributed by atoms with E-state index in [1.54, 1.807) is 30.4 Å². The number of aromatic nitrogens is 3. The van der Waals surface area contributed by atoms with Gasteiger partial charge in [-0.1, -0.05) is 23.3 Å². The molecule has 0 saturated heterocycles. The van der Waals surface area contributed by atoms with Crippen LogP contribution in [0.25, 0.3) is 11.0 Å². The van der Waals surface area contributed by atoms with Gasteiger partial charge in [0.2, 0.25) is 5.79 Å². The molecule has 98 valence electrons. The highest BCUT2D eigenvalue weighted by Gasteiger charge is 2.35. The maximum atomic E-state index is 9.98. The number of hydrogen-bond acceptors (Lipinski definition) is 4. The SMILES string of the molecule is CC1=CC(n2nc3ccc(Cl)cc3n2)C(O)(O)C=C1. The molecule has 0 radical (unpaired) electrons. The molecule has 19 heavy (non-hydrogen) atoms. The van der Waals surface area contributed by atoms with E-state index in [1.807, 2.05) is 6.92 Å². The first kappa shape index (κ1) is 12.3. The highest BCUT2D eigenvalue weighted by molar-refractivity contribution is 6.31. The van der Waals surface area contributed by atoms with Crippen LogP contribution in [0.3, 0.4) is 0 Å². The van der Waals surface area contributed by atoms with Gasteiger partial charge in [0.25, 0.3) is 0 Å². The molecule has 1 atom stereocenters. The highest BCUT2D eigenvalue weighted by Crippen LogP contribution is 2.29. The van der Waals surface area contributed by atoms with E-state index >= 15 is 0 Å². The molecule has 0 bridgehead atoms. The molecule has 3 rings (SSSR count). The number of halogens is 1. The summed E-state index contributed by atoms with van der Waals surface area (Å²) in [7, 11) is 0. The lowest BCUT2D eigenvalue weighted by Gasteiger charge is -2.28. The van der Waals surface area contributed by atoms with Crippen LogP contribution in [-0.2, 0) is 0 Å². The summed E-state index contributed by atoms with van der Waals surface area (Å²) in [4.78, 5) is 1.30. The summed E-state index contributed by atoms with van der Waals surface area (Å²) in [5.41, 5.74) is 2.19. The zero-order chi connectivity index (χ0) is 13.6. The van der Waals surface area contributed by atoms with Crippen molar-refractivity contribution in [2.45, 2.75) is 18.8 Å². The first-order valence-electron chi connectivity index (χ1n) is 5.80. The molecule has 1 aromatic heterocycles. The van der Waals surface area contributed by atoms with Crippen LogP contribution in [0, 0.1) is 0 Å². The van der Waals surface area contributed by atoms with Crippen LogP contribution in [0.5, 0.6) is 0 Å². The van der Waals surface area contributed by atoms with Crippen molar-refractivity contribution in [1.82, 2.24) is 15.0 Å². The minimum Gasteiger partial charge on any atom is -0.360 e. The Bertz CT molecular complexity index is 703. The number of aliphatic hydroxyl groups is 2. The number of nitrogens with zero attached hydrogens (tertiary/aromatic N) is 3. The molecule has 2 N–H and O–H groups in total. The number of benzene rings is 1. The van der Waals surface area contributed by atoms with Crippen LogP contribution in [0.15, 0.2) is 42.0 Å². The third-order valence-electron chi connectivity index (χ3n) is 3.05. The average molecular weight is 278 g/mol. The summed E-state index contributed by atoms with van der Waals surface area (Å²) in [6.45, 7) is 1.87. The van der Waals surface area contributed by atoms with Crippen molar-refractivity contribution in [2.24, 2.45) is 0 Å². The lowest BCUT2D eigenvalue weighted by molar-refractivity contribution is -0.147. The van der Waals surface area contributed by atoms with Gasteiger partial charge in [-0.05, 0) is 37.3 Å². The van der Waals surface area contributed by atoms with Gasteiger partial charge in [0.15, 0.2) is 0 Å². The number of allylic oxidation sites excluding steroid dienone is 2. The lowest BCUT2D eigenvalue weighted by Crippen LogP contribution is -2.39. The molecule has 0 amide bonds. The molecular weight excluding hydrogens is 266 g/mol. The third-order valence-corrected chi connectivity index (χ3v) is 3.29. The van der Waals surface area contributed by atoms with Gasteiger partial charge in [-0.3, -0.25) is 0 Å². The molecule has 0 saturated carbocycles. The van der Waals surface area contributed by atoms with E-state index in [0.717, 1.165) is 5.57 Å². The van der Waals surface area contributed by atoms with Gasteiger partial charge in [-0.15, -0.1) is 0 Å². The van der Waals surface area contributed by atoms with E-state index in [9.17, 15) is 10.2 Å². The van der Waals surface area contributed by atoms with Crippen LogP contribution >= 0.6 is 11.6 Å². The van der Waals surface area contributed by atoms with E-state index in [4.69, 9.17) is 11.6 Å². The predicted molar refractivity (Wildman–Crippen MR) is 71.6 cm³/mol. The molecule has 1 aliphatic carbocycles. The zero-order valence-corrected chi connectivity index (χ0v) is 10.9. The second kappa shape index (κ2) is 4.16. The van der Waals surface area contributed by atoms with Crippen molar-refractivity contribution >= 4 is 22.6 Å². The lowest BCUT2D eigenvalue weighted by atomic mass is 9.98. The molecule has 1 unspecified atom stereocenters. The number of fused-ring (bicyclic) bond motifs is 1. The normalized spacial score (nSPS) is 21.7. The quantitative estimate of drug-likeness (QED) is 0.780. The van der Waals surface area contributed by atoms with Crippen LogP contribution in [0.4, 0.5) is 0 Å². The van der Waals surface area contributed by atoms with Gasteiger partial charge in [-0.25, -0.2) is 0 Å². The number of hydrogen-bond donors (Lipinski definition) is 2. The van der Waals surface area contributed by atoms with E-state index in [2.05, 4.69) is 10.2 Å². The fourth-order valence-corrected chi connectivity index (χ4v) is 2.21. The van der Waals surface area contributed by atoms with Crippen LogP contribution in [0.1, 0.15) is 13.0 Å². The summed E-state index contributed by atoms with van der Waals surface area (Å²) in [6, 6.07) is 4.39. The fraction of sp³-hybridized carbons (Fsp3) is 0.231.